The number of fused-ring (bicyclic) bond motifs is 7. The molecule has 0 fully saturated rings. The molecule has 0 N–H and O–H groups in total. The molecule has 3 heterocycles. The predicted octanol–water partition coefficient (Wildman–Crippen LogP) is 13.9. The van der Waals surface area contributed by atoms with Crippen LogP contribution in [0, 0.1) is 0 Å². The Morgan fingerprint density at radius 2 is 0.789 bits per heavy atom. The first-order valence-electron chi connectivity index (χ1n) is 19.1. The second-order valence-corrected chi connectivity index (χ2v) is 15.2. The SMILES string of the molecule is c1ccc(-c2ccc(-c3nc(-c4ccccc4)nc(-c4ccc(-c5cccc6sc7c(ccc8c(-c9ccccc9)nc9ccccc9c87)c56)cc4)n3)cc2)cc1. The van der Waals surface area contributed by atoms with E-state index >= 15 is 0 Å². The molecule has 57 heavy (non-hydrogen) atoms. The van der Waals surface area contributed by atoms with Crippen LogP contribution in [0.5, 0.6) is 0 Å². The van der Waals surface area contributed by atoms with Crippen molar-refractivity contribution in [3.8, 4) is 67.7 Å². The van der Waals surface area contributed by atoms with Crippen molar-refractivity contribution in [2.24, 2.45) is 0 Å². The van der Waals surface area contributed by atoms with Crippen molar-refractivity contribution in [3.63, 3.8) is 0 Å². The maximum absolute atomic E-state index is 5.18. The molecule has 0 saturated carbocycles. The summed E-state index contributed by atoms with van der Waals surface area (Å²) in [5.74, 6) is 1.92. The maximum atomic E-state index is 5.18. The Bertz CT molecular complexity index is 3250. The highest BCUT2D eigenvalue weighted by molar-refractivity contribution is 7.27. The average Bonchev–Trinajstić information content (AvgIpc) is 3.69. The van der Waals surface area contributed by atoms with Gasteiger partial charge in [-0.05, 0) is 34.4 Å². The number of rotatable bonds is 6. The number of pyridine rings is 1. The van der Waals surface area contributed by atoms with Crippen LogP contribution < -0.4 is 0 Å². The molecule has 0 aliphatic carbocycles. The molecule has 8 aromatic carbocycles. The van der Waals surface area contributed by atoms with E-state index in [2.05, 4.69) is 158 Å². The van der Waals surface area contributed by atoms with Crippen molar-refractivity contribution in [2.75, 3.05) is 0 Å². The van der Waals surface area contributed by atoms with Crippen LogP contribution in [0.15, 0.2) is 194 Å². The summed E-state index contributed by atoms with van der Waals surface area (Å²) in [5.41, 5.74) is 10.6. The van der Waals surface area contributed by atoms with Crippen LogP contribution in [-0.2, 0) is 0 Å². The molecule has 11 aromatic rings. The second-order valence-electron chi connectivity index (χ2n) is 14.2. The van der Waals surface area contributed by atoms with Crippen molar-refractivity contribution >= 4 is 53.2 Å². The van der Waals surface area contributed by atoms with Crippen molar-refractivity contribution in [3.05, 3.63) is 194 Å². The van der Waals surface area contributed by atoms with Crippen LogP contribution >= 0.6 is 11.3 Å². The van der Waals surface area contributed by atoms with Crippen LogP contribution in [0.2, 0.25) is 0 Å². The van der Waals surface area contributed by atoms with E-state index < -0.39 is 0 Å². The van der Waals surface area contributed by atoms with Crippen molar-refractivity contribution in [1.82, 2.24) is 19.9 Å². The molecule has 0 amide bonds. The van der Waals surface area contributed by atoms with Crippen LogP contribution in [0.25, 0.3) is 110 Å². The van der Waals surface area contributed by atoms with Crippen LogP contribution in [0.4, 0.5) is 0 Å². The summed E-state index contributed by atoms with van der Waals surface area (Å²) in [7, 11) is 0. The zero-order chi connectivity index (χ0) is 37.7. The fourth-order valence-electron chi connectivity index (χ4n) is 7.97. The van der Waals surface area contributed by atoms with E-state index in [0.717, 1.165) is 44.6 Å². The molecule has 0 atom stereocenters. The Kier molecular flexibility index (Phi) is 7.97. The van der Waals surface area contributed by atoms with Gasteiger partial charge >= 0.3 is 0 Å². The highest BCUT2D eigenvalue weighted by Gasteiger charge is 2.19. The van der Waals surface area contributed by atoms with Gasteiger partial charge < -0.3 is 0 Å². The van der Waals surface area contributed by atoms with Gasteiger partial charge in [0.25, 0.3) is 0 Å². The summed E-state index contributed by atoms with van der Waals surface area (Å²) >= 11 is 1.86. The summed E-state index contributed by atoms with van der Waals surface area (Å²) in [4.78, 5) is 20.2. The number of hydrogen-bond donors (Lipinski definition) is 0. The third-order valence-corrected chi connectivity index (χ3v) is 11.9. The number of hydrogen-bond acceptors (Lipinski definition) is 5. The number of para-hydroxylation sites is 1. The van der Waals surface area contributed by atoms with Gasteiger partial charge in [0, 0.05) is 58.6 Å². The molecule has 5 heteroatoms. The molecule has 0 unspecified atom stereocenters. The van der Waals surface area contributed by atoms with Crippen LogP contribution in [0.3, 0.4) is 0 Å². The Morgan fingerprint density at radius 1 is 0.298 bits per heavy atom. The summed E-state index contributed by atoms with van der Waals surface area (Å²) in [6.45, 7) is 0. The van der Waals surface area contributed by atoms with Gasteiger partial charge in [0.15, 0.2) is 17.5 Å². The lowest BCUT2D eigenvalue weighted by Crippen LogP contribution is -2.00. The minimum absolute atomic E-state index is 0.637. The zero-order valence-electron chi connectivity index (χ0n) is 30.7. The molecule has 266 valence electrons. The Labute approximate surface area is 333 Å². The molecule has 0 aliphatic heterocycles. The van der Waals surface area contributed by atoms with E-state index in [1.165, 1.54) is 47.5 Å². The van der Waals surface area contributed by atoms with Gasteiger partial charge in [-0.3, -0.25) is 0 Å². The zero-order valence-corrected chi connectivity index (χ0v) is 31.5. The average molecular weight is 745 g/mol. The molecule has 11 rings (SSSR count). The highest BCUT2D eigenvalue weighted by Crippen LogP contribution is 2.46. The molecular weight excluding hydrogens is 713 g/mol. The summed E-state index contributed by atoms with van der Waals surface area (Å²) in [6.07, 6.45) is 0. The third-order valence-electron chi connectivity index (χ3n) is 10.7. The Hall–Kier alpha value is -7.34. The van der Waals surface area contributed by atoms with E-state index in [1.807, 2.05) is 47.7 Å². The largest absolute Gasteiger partial charge is 0.247 e. The van der Waals surface area contributed by atoms with Gasteiger partial charge in [-0.25, -0.2) is 19.9 Å². The van der Waals surface area contributed by atoms with Crippen LogP contribution in [0.1, 0.15) is 0 Å². The molecule has 3 aromatic heterocycles. The van der Waals surface area contributed by atoms with E-state index in [0.29, 0.717) is 17.5 Å². The van der Waals surface area contributed by atoms with Crippen LogP contribution in [-0.4, -0.2) is 19.9 Å². The molecule has 0 aliphatic rings. The quantitative estimate of drug-likeness (QED) is 0.159. The number of nitrogens with zero attached hydrogens (tertiary/aromatic N) is 4. The molecule has 4 nitrogen and oxygen atoms in total. The van der Waals surface area contributed by atoms with Crippen molar-refractivity contribution in [1.29, 1.82) is 0 Å². The van der Waals surface area contributed by atoms with Crippen molar-refractivity contribution in [2.45, 2.75) is 0 Å². The summed E-state index contributed by atoms with van der Waals surface area (Å²) in [5, 5.41) is 6.12. The van der Waals surface area contributed by atoms with Crippen molar-refractivity contribution < 1.29 is 0 Å². The first kappa shape index (κ1) is 33.0. The molecule has 0 saturated heterocycles. The van der Waals surface area contributed by atoms with Gasteiger partial charge in [-0.1, -0.05) is 182 Å². The molecule has 0 radical (unpaired) electrons. The standard InChI is InChI=1S/C52H32N4S/c1-4-13-33(14-5-1)34-23-27-38(28-24-34)51-54-50(37-17-8-3-9-18-37)55-52(56-51)39-29-25-35(26-30-39)40-20-12-22-45-46(40)43-32-31-42-47(49(43)57-45)41-19-10-11-21-44(41)53-48(42)36-15-6-2-7-16-36/h1-32H. The highest BCUT2D eigenvalue weighted by atomic mass is 32.1. The second kappa shape index (κ2) is 13.7. The summed E-state index contributed by atoms with van der Waals surface area (Å²) in [6, 6.07) is 67.9. The minimum Gasteiger partial charge on any atom is -0.247 e. The first-order valence-corrected chi connectivity index (χ1v) is 19.9. The van der Waals surface area contributed by atoms with Gasteiger partial charge in [-0.15, -0.1) is 11.3 Å². The number of benzene rings is 8. The fourth-order valence-corrected chi connectivity index (χ4v) is 9.26. The normalized spacial score (nSPS) is 11.5. The lowest BCUT2D eigenvalue weighted by molar-refractivity contribution is 1.07. The molecule has 0 spiro atoms. The van der Waals surface area contributed by atoms with Gasteiger partial charge in [0.2, 0.25) is 0 Å². The van der Waals surface area contributed by atoms with Gasteiger partial charge in [-0.2, -0.15) is 0 Å². The van der Waals surface area contributed by atoms with Gasteiger partial charge in [0.1, 0.15) is 0 Å². The lowest BCUT2D eigenvalue weighted by Gasteiger charge is -2.11. The smallest absolute Gasteiger partial charge is 0.164 e. The van der Waals surface area contributed by atoms with Gasteiger partial charge in [0.05, 0.1) is 11.2 Å². The third kappa shape index (κ3) is 5.84. The number of aromatic nitrogens is 4. The first-order chi connectivity index (χ1) is 28.2. The lowest BCUT2D eigenvalue weighted by atomic mass is 9.95. The molecule has 0 bridgehead atoms. The molecular formula is C52H32N4S. The minimum atomic E-state index is 0.637. The monoisotopic (exact) mass is 744 g/mol. The van der Waals surface area contributed by atoms with E-state index in [9.17, 15) is 0 Å². The maximum Gasteiger partial charge on any atom is 0.164 e. The van der Waals surface area contributed by atoms with E-state index in [1.54, 1.807) is 0 Å². The van der Waals surface area contributed by atoms with E-state index in [-0.39, 0.29) is 0 Å². The fraction of sp³-hybridized carbons (Fsp3) is 0. The topological polar surface area (TPSA) is 51.6 Å². The Morgan fingerprint density at radius 3 is 1.44 bits per heavy atom. The Balaban J connectivity index is 1.02. The number of thiophene rings is 1. The summed E-state index contributed by atoms with van der Waals surface area (Å²) < 4.78 is 2.54. The van der Waals surface area contributed by atoms with E-state index in [4.69, 9.17) is 19.9 Å². The predicted molar refractivity (Wildman–Crippen MR) is 238 cm³/mol.